The van der Waals surface area contributed by atoms with E-state index in [0.717, 1.165) is 10.7 Å². The van der Waals surface area contributed by atoms with Gasteiger partial charge < -0.3 is 0 Å². The molecule has 1 aromatic heterocycles. The van der Waals surface area contributed by atoms with Crippen LogP contribution >= 0.6 is 15.9 Å². The third-order valence-corrected chi connectivity index (χ3v) is 5.33. The number of nitrogens with one attached hydrogen (secondary N) is 2. The molecule has 0 fully saturated rings. The number of benzene rings is 2. The summed E-state index contributed by atoms with van der Waals surface area (Å²) in [7, 11) is -3.87. The van der Waals surface area contributed by atoms with E-state index in [4.69, 9.17) is 0 Å². The maximum Gasteiger partial charge on any atom is 0.348 e. The topological polar surface area (TPSA) is 96.8 Å². The van der Waals surface area contributed by atoms with Crippen LogP contribution < -0.4 is 10.4 Å². The third-order valence-electron chi connectivity index (χ3n) is 3.29. The summed E-state index contributed by atoms with van der Waals surface area (Å²) >= 11 is 3.12. The Bertz CT molecular complexity index is 1090. The maximum absolute atomic E-state index is 14.2. The second kappa shape index (κ2) is 6.45. The SMILES string of the molecule is Cc1nn(-c2cc(NS(=O)(=O)c3ccccc3)c(Br)cc2F)c(=O)[nH]1. The number of halogens is 2. The van der Waals surface area contributed by atoms with Gasteiger partial charge in [-0.15, -0.1) is 0 Å². The minimum atomic E-state index is -3.87. The molecule has 0 saturated carbocycles. The number of aromatic amines is 1. The minimum absolute atomic E-state index is 0.0561. The van der Waals surface area contributed by atoms with E-state index in [1.54, 1.807) is 25.1 Å². The van der Waals surface area contributed by atoms with E-state index in [2.05, 4.69) is 30.7 Å². The first-order chi connectivity index (χ1) is 11.8. The van der Waals surface area contributed by atoms with Crippen LogP contribution in [0.4, 0.5) is 10.1 Å². The van der Waals surface area contributed by atoms with Gasteiger partial charge in [0.15, 0.2) is 0 Å². The first kappa shape index (κ1) is 17.4. The molecular weight excluding hydrogens is 415 g/mol. The van der Waals surface area contributed by atoms with Crippen molar-refractivity contribution in [3.63, 3.8) is 0 Å². The van der Waals surface area contributed by atoms with Crippen LogP contribution in [-0.4, -0.2) is 23.2 Å². The molecule has 7 nitrogen and oxygen atoms in total. The highest BCUT2D eigenvalue weighted by Crippen LogP contribution is 2.29. The molecule has 0 aliphatic rings. The van der Waals surface area contributed by atoms with Gasteiger partial charge in [-0.2, -0.15) is 9.78 Å². The summed E-state index contributed by atoms with van der Waals surface area (Å²) < 4.78 is 42.5. The predicted octanol–water partition coefficient (Wildman–Crippen LogP) is 2.57. The van der Waals surface area contributed by atoms with Crippen LogP contribution in [0, 0.1) is 12.7 Å². The first-order valence-electron chi connectivity index (χ1n) is 7.01. The molecule has 25 heavy (non-hydrogen) atoms. The Labute approximate surface area is 150 Å². The summed E-state index contributed by atoms with van der Waals surface area (Å²) in [6, 6.07) is 10.00. The number of nitrogens with zero attached hydrogens (tertiary/aromatic N) is 2. The summed E-state index contributed by atoms with van der Waals surface area (Å²) in [5.74, 6) is -0.429. The smallest absolute Gasteiger partial charge is 0.293 e. The van der Waals surface area contributed by atoms with E-state index >= 15 is 0 Å². The molecule has 0 spiro atoms. The highest BCUT2D eigenvalue weighted by atomic mass is 79.9. The van der Waals surface area contributed by atoms with E-state index in [0.29, 0.717) is 5.82 Å². The van der Waals surface area contributed by atoms with Crippen LogP contribution in [0.2, 0.25) is 0 Å². The van der Waals surface area contributed by atoms with Crippen LogP contribution in [0.3, 0.4) is 0 Å². The van der Waals surface area contributed by atoms with Gasteiger partial charge >= 0.3 is 5.69 Å². The Hall–Kier alpha value is -2.46. The number of H-pyrrole nitrogens is 1. The first-order valence-corrected chi connectivity index (χ1v) is 9.29. The molecule has 0 aliphatic heterocycles. The Balaban J connectivity index is 2.08. The number of aryl methyl sites for hydroxylation is 1. The van der Waals surface area contributed by atoms with Crippen LogP contribution in [0.25, 0.3) is 5.69 Å². The second-order valence-corrected chi connectivity index (χ2v) is 7.67. The van der Waals surface area contributed by atoms with E-state index < -0.39 is 21.5 Å². The Kier molecular flexibility index (Phi) is 4.48. The summed E-state index contributed by atoms with van der Waals surface area (Å²) in [5, 5.41) is 3.88. The summed E-state index contributed by atoms with van der Waals surface area (Å²) in [6.45, 7) is 1.55. The maximum atomic E-state index is 14.2. The molecular formula is C15H12BrFN4O3S. The van der Waals surface area contributed by atoms with E-state index in [1.165, 1.54) is 18.2 Å². The molecule has 3 aromatic rings. The highest BCUT2D eigenvalue weighted by molar-refractivity contribution is 9.10. The fraction of sp³-hybridized carbons (Fsp3) is 0.0667. The fourth-order valence-corrected chi connectivity index (χ4v) is 3.81. The molecule has 130 valence electrons. The summed E-state index contributed by atoms with van der Waals surface area (Å²) in [4.78, 5) is 14.3. The van der Waals surface area contributed by atoms with Crippen molar-refractivity contribution in [3.8, 4) is 5.69 Å². The number of aromatic nitrogens is 3. The van der Waals surface area contributed by atoms with Gasteiger partial charge in [-0.25, -0.2) is 17.6 Å². The number of hydrogen-bond donors (Lipinski definition) is 2. The molecule has 2 N–H and O–H groups in total. The summed E-state index contributed by atoms with van der Waals surface area (Å²) in [5.41, 5.74) is -0.730. The van der Waals surface area contributed by atoms with Gasteiger partial charge in [0.05, 0.1) is 10.6 Å². The van der Waals surface area contributed by atoms with Gasteiger partial charge in [-0.05, 0) is 47.1 Å². The van der Waals surface area contributed by atoms with E-state index in [9.17, 15) is 17.6 Å². The lowest BCUT2D eigenvalue weighted by atomic mass is 10.2. The zero-order chi connectivity index (χ0) is 18.2. The lowest BCUT2D eigenvalue weighted by Crippen LogP contribution is -2.18. The molecule has 2 aromatic carbocycles. The highest BCUT2D eigenvalue weighted by Gasteiger charge is 2.19. The Morgan fingerprint density at radius 3 is 2.52 bits per heavy atom. The predicted molar refractivity (Wildman–Crippen MR) is 93.8 cm³/mol. The minimum Gasteiger partial charge on any atom is -0.293 e. The van der Waals surface area contributed by atoms with Gasteiger partial charge in [-0.1, -0.05) is 18.2 Å². The molecule has 0 radical (unpaired) electrons. The van der Waals surface area contributed by atoms with E-state index in [-0.39, 0.29) is 20.7 Å². The average Bonchev–Trinajstić information content (AvgIpc) is 2.89. The average molecular weight is 427 g/mol. The van der Waals surface area contributed by atoms with Crippen LogP contribution in [0.15, 0.2) is 56.6 Å². The van der Waals surface area contributed by atoms with Crippen LogP contribution in [-0.2, 0) is 10.0 Å². The van der Waals surface area contributed by atoms with Crippen LogP contribution in [0.5, 0.6) is 0 Å². The molecule has 3 rings (SSSR count). The van der Waals surface area contributed by atoms with Crippen molar-refractivity contribution in [2.45, 2.75) is 11.8 Å². The number of anilines is 1. The number of rotatable bonds is 4. The van der Waals surface area contributed by atoms with Crippen LogP contribution in [0.1, 0.15) is 5.82 Å². The van der Waals surface area contributed by atoms with Gasteiger partial charge in [0.2, 0.25) is 0 Å². The summed E-state index contributed by atoms with van der Waals surface area (Å²) in [6.07, 6.45) is 0. The Morgan fingerprint density at radius 1 is 1.24 bits per heavy atom. The molecule has 0 amide bonds. The zero-order valence-electron chi connectivity index (χ0n) is 12.8. The standard InChI is InChI=1S/C15H12BrFN4O3S/c1-9-18-15(22)21(19-9)14-8-13(11(16)7-12(14)17)20-25(23,24)10-5-3-2-4-6-10/h2-8,20H,1H3,(H,18,19,22). The zero-order valence-corrected chi connectivity index (χ0v) is 15.2. The van der Waals surface area contributed by atoms with Crippen molar-refractivity contribution in [2.75, 3.05) is 4.72 Å². The molecule has 0 unspecified atom stereocenters. The third kappa shape index (κ3) is 3.49. The van der Waals surface area contributed by atoms with Crippen molar-refractivity contribution in [3.05, 3.63) is 69.1 Å². The quantitative estimate of drug-likeness (QED) is 0.669. The van der Waals surface area contributed by atoms with Gasteiger partial charge in [0, 0.05) is 4.47 Å². The van der Waals surface area contributed by atoms with Crippen molar-refractivity contribution >= 4 is 31.6 Å². The molecule has 0 atom stereocenters. The van der Waals surface area contributed by atoms with Gasteiger partial charge in [-0.3, -0.25) is 9.71 Å². The van der Waals surface area contributed by atoms with Crippen molar-refractivity contribution < 1.29 is 12.8 Å². The molecule has 0 saturated heterocycles. The number of sulfonamides is 1. The monoisotopic (exact) mass is 426 g/mol. The largest absolute Gasteiger partial charge is 0.348 e. The number of hydrogen-bond acceptors (Lipinski definition) is 4. The van der Waals surface area contributed by atoms with Gasteiger partial charge in [0.25, 0.3) is 10.0 Å². The fourth-order valence-electron chi connectivity index (χ4n) is 2.17. The van der Waals surface area contributed by atoms with Crippen molar-refractivity contribution in [1.29, 1.82) is 0 Å². The van der Waals surface area contributed by atoms with E-state index in [1.807, 2.05) is 0 Å². The molecule has 0 bridgehead atoms. The molecule has 0 aliphatic carbocycles. The molecule has 10 heteroatoms. The Morgan fingerprint density at radius 2 is 1.92 bits per heavy atom. The van der Waals surface area contributed by atoms with Gasteiger partial charge in [0.1, 0.15) is 17.3 Å². The normalized spacial score (nSPS) is 11.5. The lowest BCUT2D eigenvalue weighted by molar-refractivity contribution is 0.600. The van der Waals surface area contributed by atoms with Crippen molar-refractivity contribution in [1.82, 2.24) is 14.8 Å². The van der Waals surface area contributed by atoms with Crippen molar-refractivity contribution in [2.24, 2.45) is 0 Å². The second-order valence-electron chi connectivity index (χ2n) is 5.13. The lowest BCUT2D eigenvalue weighted by Gasteiger charge is -2.12. The molecule has 1 heterocycles.